The lowest BCUT2D eigenvalue weighted by atomic mass is 9.96. The molecule has 1 amide bonds. The van der Waals surface area contributed by atoms with Gasteiger partial charge in [-0.3, -0.25) is 4.79 Å². The Morgan fingerprint density at radius 1 is 0.493 bits per heavy atom. The maximum absolute atomic E-state index is 13.2. The summed E-state index contributed by atoms with van der Waals surface area (Å²) in [6.45, 7) is 1.53. The van der Waals surface area contributed by atoms with Gasteiger partial charge >= 0.3 is 0 Å². The fraction of sp³-hybridized carbons (Fsp3) is 0.804. The average Bonchev–Trinajstić information content (AvgIpc) is 3.41. The number of rotatable bonds is 39. The van der Waals surface area contributed by atoms with Crippen LogP contribution in [0, 0.1) is 0 Å². The molecule has 3 heterocycles. The molecule has 0 radical (unpaired) electrons. The van der Waals surface area contributed by atoms with Crippen LogP contribution >= 0.6 is 0 Å². The fourth-order valence-electron chi connectivity index (χ4n) is 9.22. The molecule has 19 nitrogen and oxygen atoms in total. The van der Waals surface area contributed by atoms with E-state index in [1.807, 2.05) is 0 Å². The highest BCUT2D eigenvalue weighted by molar-refractivity contribution is 5.76. The first-order valence-electron chi connectivity index (χ1n) is 28.0. The van der Waals surface area contributed by atoms with E-state index < -0.39 is 124 Å². The van der Waals surface area contributed by atoms with Gasteiger partial charge in [-0.2, -0.15) is 0 Å². The van der Waals surface area contributed by atoms with Crippen molar-refractivity contribution in [3.63, 3.8) is 0 Å². The van der Waals surface area contributed by atoms with Crippen LogP contribution in [0.1, 0.15) is 155 Å². The van der Waals surface area contributed by atoms with Crippen molar-refractivity contribution in [3.05, 3.63) is 60.8 Å². The average molecular weight is 1070 g/mol. The van der Waals surface area contributed by atoms with E-state index in [0.717, 1.165) is 89.9 Å². The predicted molar refractivity (Wildman–Crippen MR) is 282 cm³/mol. The second-order valence-corrected chi connectivity index (χ2v) is 20.0. The maximum Gasteiger partial charge on any atom is 0.220 e. The third kappa shape index (κ3) is 24.6. The molecule has 12 N–H and O–H groups in total. The molecule has 0 spiro atoms. The Morgan fingerprint density at radius 2 is 0.920 bits per heavy atom. The van der Waals surface area contributed by atoms with Crippen LogP contribution in [0.5, 0.6) is 0 Å². The molecule has 0 bridgehead atoms. The molecule has 0 aromatic heterocycles. The highest BCUT2D eigenvalue weighted by Gasteiger charge is 2.53. The Bertz CT molecular complexity index is 1610. The number of amides is 1. The molecule has 19 heteroatoms. The van der Waals surface area contributed by atoms with Crippen molar-refractivity contribution in [1.82, 2.24) is 5.32 Å². The minimum absolute atomic E-state index is 0.254. The summed E-state index contributed by atoms with van der Waals surface area (Å²) in [6.07, 6.45) is 16.7. The Morgan fingerprint density at radius 3 is 1.44 bits per heavy atom. The molecular formula is C56H97NO18. The Hall–Kier alpha value is -2.51. The summed E-state index contributed by atoms with van der Waals surface area (Å²) in [6, 6.07) is -0.889. The van der Waals surface area contributed by atoms with E-state index in [0.29, 0.717) is 19.3 Å². The zero-order valence-corrected chi connectivity index (χ0v) is 44.8. The van der Waals surface area contributed by atoms with Crippen molar-refractivity contribution < 1.29 is 89.4 Å². The monoisotopic (exact) mass is 1070 g/mol. The van der Waals surface area contributed by atoms with E-state index in [9.17, 15) is 61.0 Å². The van der Waals surface area contributed by atoms with Gasteiger partial charge in [0, 0.05) is 6.42 Å². The van der Waals surface area contributed by atoms with Crippen LogP contribution in [0.25, 0.3) is 0 Å². The zero-order valence-electron chi connectivity index (χ0n) is 44.8. The Labute approximate surface area is 445 Å². The largest absolute Gasteiger partial charge is 0.394 e. The lowest BCUT2D eigenvalue weighted by Crippen LogP contribution is -2.66. The minimum atomic E-state index is -1.97. The van der Waals surface area contributed by atoms with Crippen molar-refractivity contribution in [1.29, 1.82) is 0 Å². The Balaban J connectivity index is 1.40. The van der Waals surface area contributed by atoms with Crippen molar-refractivity contribution in [2.45, 2.75) is 259 Å². The second kappa shape index (κ2) is 39.8. The topological polar surface area (TPSA) is 307 Å². The van der Waals surface area contributed by atoms with Gasteiger partial charge in [-0.15, -0.1) is 0 Å². The molecule has 75 heavy (non-hydrogen) atoms. The lowest BCUT2D eigenvalue weighted by Gasteiger charge is -2.48. The van der Waals surface area contributed by atoms with Gasteiger partial charge in [0.2, 0.25) is 5.91 Å². The van der Waals surface area contributed by atoms with E-state index in [4.69, 9.17) is 28.4 Å². The van der Waals surface area contributed by atoms with Crippen LogP contribution in [-0.4, -0.2) is 193 Å². The lowest BCUT2D eigenvalue weighted by molar-refractivity contribution is -0.379. The van der Waals surface area contributed by atoms with Crippen molar-refractivity contribution >= 4 is 5.91 Å². The third-order valence-electron chi connectivity index (χ3n) is 13.9. The van der Waals surface area contributed by atoms with Gasteiger partial charge in [-0.05, 0) is 57.8 Å². The molecule has 0 saturated carbocycles. The number of aliphatic hydroxyl groups is 11. The molecule has 3 fully saturated rings. The van der Waals surface area contributed by atoms with E-state index >= 15 is 0 Å². The quantitative estimate of drug-likeness (QED) is 0.0309. The summed E-state index contributed by atoms with van der Waals surface area (Å²) in [5.74, 6) is -0.261. The molecule has 3 rings (SSSR count). The van der Waals surface area contributed by atoms with Gasteiger partial charge in [0.1, 0.15) is 73.2 Å². The molecule has 17 unspecified atom stereocenters. The molecule has 0 aromatic rings. The molecule has 3 saturated heterocycles. The molecule has 0 aliphatic carbocycles. The summed E-state index contributed by atoms with van der Waals surface area (Å²) in [5.41, 5.74) is 0. The smallest absolute Gasteiger partial charge is 0.220 e. The number of hydrogen-bond donors (Lipinski definition) is 12. The van der Waals surface area contributed by atoms with E-state index in [2.05, 4.69) is 79.9 Å². The third-order valence-corrected chi connectivity index (χ3v) is 13.9. The number of carbonyl (C=O) groups is 1. The van der Waals surface area contributed by atoms with Crippen LogP contribution in [0.15, 0.2) is 60.8 Å². The summed E-state index contributed by atoms with van der Waals surface area (Å²) in [7, 11) is 0. The van der Waals surface area contributed by atoms with Crippen LogP contribution in [0.4, 0.5) is 0 Å². The van der Waals surface area contributed by atoms with Gasteiger partial charge in [-0.25, -0.2) is 0 Å². The van der Waals surface area contributed by atoms with Crippen LogP contribution in [-0.2, 0) is 33.2 Å². The predicted octanol–water partition coefficient (Wildman–Crippen LogP) is 3.70. The molecule has 3 aliphatic heterocycles. The number of unbranched alkanes of at least 4 members (excludes halogenated alkanes) is 13. The standard InChI is InChI=1S/C56H97NO18/c1-3-5-7-9-10-11-12-13-14-15-16-17-18-19-20-21-22-23-24-25-26-27-28-30-32-34-44(62)57-39(40(61)33-31-29-8-6-4-2)38-70-54-50(68)47(65)52(42(36-59)72-54)75-56-51(69)48(66)53(43(37-60)73-56)74-55-49(67)46(64)45(63)41(35-58)71-55/h5,7,10-11,13-14,16-17,19-20,39-43,45-56,58-61,63-69H,3-4,6,8-9,12,15,18,21-38H2,1-2H3,(H,57,62)/b7-5-,11-10-,14-13-,17-16-,20-19-. The van der Waals surface area contributed by atoms with Crippen molar-refractivity contribution in [3.8, 4) is 0 Å². The first-order chi connectivity index (χ1) is 36.3. The van der Waals surface area contributed by atoms with Crippen LogP contribution < -0.4 is 5.32 Å². The van der Waals surface area contributed by atoms with Gasteiger partial charge in [0.25, 0.3) is 0 Å². The molecule has 3 aliphatic rings. The molecule has 17 atom stereocenters. The number of carbonyl (C=O) groups excluding carboxylic acids is 1. The van der Waals surface area contributed by atoms with Crippen LogP contribution in [0.3, 0.4) is 0 Å². The van der Waals surface area contributed by atoms with Gasteiger partial charge in [0.15, 0.2) is 18.9 Å². The number of aliphatic hydroxyl groups excluding tert-OH is 11. The first kappa shape index (κ1) is 66.8. The number of ether oxygens (including phenoxy) is 6. The molecule has 434 valence electrons. The highest BCUT2D eigenvalue weighted by atomic mass is 16.8. The van der Waals surface area contributed by atoms with Crippen molar-refractivity contribution in [2.24, 2.45) is 0 Å². The second-order valence-electron chi connectivity index (χ2n) is 20.0. The molecular weight excluding hydrogens is 975 g/mol. The number of nitrogens with one attached hydrogen (secondary N) is 1. The Kier molecular flexibility index (Phi) is 35.4. The molecule has 0 aromatic carbocycles. The normalized spacial score (nSPS) is 31.7. The SMILES string of the molecule is CC/C=C\C/C=C\C/C=C\C/C=C\C/C=C\CCCCCCCCCCCC(=O)NC(COC1OC(CO)C(OC2OC(CO)C(OC3OC(CO)C(O)C(O)C3O)C(O)C2O)C(O)C1O)C(O)CCCCCCC. The van der Waals surface area contributed by atoms with Gasteiger partial charge < -0.3 is 89.9 Å². The van der Waals surface area contributed by atoms with E-state index in [1.165, 1.54) is 25.7 Å². The van der Waals surface area contributed by atoms with Crippen LogP contribution in [0.2, 0.25) is 0 Å². The number of allylic oxidation sites excluding steroid dienone is 10. The summed E-state index contributed by atoms with van der Waals surface area (Å²) in [4.78, 5) is 13.2. The first-order valence-corrected chi connectivity index (χ1v) is 28.0. The summed E-state index contributed by atoms with van der Waals surface area (Å²) >= 11 is 0. The maximum atomic E-state index is 13.2. The zero-order chi connectivity index (χ0) is 54.8. The summed E-state index contributed by atoms with van der Waals surface area (Å²) < 4.78 is 34.1. The van der Waals surface area contributed by atoms with Gasteiger partial charge in [-0.1, -0.05) is 152 Å². The van der Waals surface area contributed by atoms with Gasteiger partial charge in [0.05, 0.1) is 38.6 Å². The fourth-order valence-corrected chi connectivity index (χ4v) is 9.22. The van der Waals surface area contributed by atoms with Crippen molar-refractivity contribution in [2.75, 3.05) is 26.4 Å². The van der Waals surface area contributed by atoms with E-state index in [-0.39, 0.29) is 18.9 Å². The van der Waals surface area contributed by atoms with E-state index in [1.54, 1.807) is 0 Å². The number of hydrogen-bond acceptors (Lipinski definition) is 18. The highest BCUT2D eigenvalue weighted by Crippen LogP contribution is 2.33. The minimum Gasteiger partial charge on any atom is -0.394 e. The summed E-state index contributed by atoms with van der Waals surface area (Å²) in [5, 5.41) is 119.